The van der Waals surface area contributed by atoms with E-state index < -0.39 is 15.9 Å². The van der Waals surface area contributed by atoms with Gasteiger partial charge in [0.05, 0.1) is 5.52 Å². The highest BCUT2D eigenvalue weighted by Crippen LogP contribution is 2.13. The number of fused-ring (bicyclic) bond motifs is 1. The fourth-order valence-corrected chi connectivity index (χ4v) is 1.99. The molecule has 0 saturated heterocycles. The fraction of sp³-hybridized carbons (Fsp3) is 0.100. The lowest BCUT2D eigenvalue weighted by molar-refractivity contribution is 0.482. The van der Waals surface area contributed by atoms with Crippen molar-refractivity contribution in [3.05, 3.63) is 42.1 Å². The molecular formula is C10H9NO3S. The number of pyridine rings is 1. The smallest absolute Gasteiger partial charge is 0.269 e. The van der Waals surface area contributed by atoms with Crippen LogP contribution in [-0.2, 0) is 15.9 Å². The molecule has 1 aromatic carbocycles. The zero-order chi connectivity index (χ0) is 10.9. The van der Waals surface area contributed by atoms with Crippen molar-refractivity contribution in [2.75, 3.05) is 0 Å². The number of rotatable bonds is 2. The minimum Gasteiger partial charge on any atom is -0.285 e. The first-order valence-corrected chi connectivity index (χ1v) is 5.94. The Hall–Kier alpha value is -1.46. The second-order valence-corrected chi connectivity index (χ2v) is 4.72. The number of benzene rings is 1. The van der Waals surface area contributed by atoms with Crippen LogP contribution < -0.4 is 0 Å². The third kappa shape index (κ3) is 2.51. The Labute approximate surface area is 87.3 Å². The van der Waals surface area contributed by atoms with E-state index in [9.17, 15) is 8.42 Å². The second kappa shape index (κ2) is 3.60. The lowest BCUT2D eigenvalue weighted by Gasteiger charge is -2.00. The first kappa shape index (κ1) is 10.1. The second-order valence-electron chi connectivity index (χ2n) is 3.26. The van der Waals surface area contributed by atoms with Crippen LogP contribution in [0.15, 0.2) is 36.5 Å². The van der Waals surface area contributed by atoms with Crippen molar-refractivity contribution in [2.45, 2.75) is 5.75 Å². The predicted molar refractivity (Wildman–Crippen MR) is 57.0 cm³/mol. The zero-order valence-electron chi connectivity index (χ0n) is 7.79. The Balaban J connectivity index is 2.48. The predicted octanol–water partition coefficient (Wildman–Crippen LogP) is 1.62. The molecule has 0 atom stereocenters. The van der Waals surface area contributed by atoms with Crippen LogP contribution in [0.5, 0.6) is 0 Å². The molecule has 0 fully saturated rings. The maximum Gasteiger partial charge on any atom is 0.269 e. The third-order valence-electron chi connectivity index (χ3n) is 2.00. The topological polar surface area (TPSA) is 67.3 Å². The van der Waals surface area contributed by atoms with Gasteiger partial charge in [-0.3, -0.25) is 9.54 Å². The van der Waals surface area contributed by atoms with Crippen molar-refractivity contribution < 1.29 is 13.0 Å². The summed E-state index contributed by atoms with van der Waals surface area (Å²) in [6.45, 7) is 0. The van der Waals surface area contributed by atoms with Gasteiger partial charge < -0.3 is 0 Å². The van der Waals surface area contributed by atoms with E-state index in [1.54, 1.807) is 6.07 Å². The first-order chi connectivity index (χ1) is 7.04. The van der Waals surface area contributed by atoms with Crippen molar-refractivity contribution in [2.24, 2.45) is 0 Å². The van der Waals surface area contributed by atoms with E-state index in [-0.39, 0.29) is 0 Å². The van der Waals surface area contributed by atoms with Crippen LogP contribution in [0.1, 0.15) is 5.56 Å². The van der Waals surface area contributed by atoms with Gasteiger partial charge in [-0.2, -0.15) is 8.42 Å². The van der Waals surface area contributed by atoms with Gasteiger partial charge in [0, 0.05) is 11.6 Å². The van der Waals surface area contributed by atoms with Crippen molar-refractivity contribution in [3.63, 3.8) is 0 Å². The SMILES string of the molecule is O=S(=O)(O)Cc1cnc2ccccc2c1. The van der Waals surface area contributed by atoms with Crippen LogP contribution in [0.3, 0.4) is 0 Å². The third-order valence-corrected chi connectivity index (χ3v) is 2.69. The molecule has 0 aliphatic heterocycles. The highest BCUT2D eigenvalue weighted by Gasteiger charge is 2.07. The van der Waals surface area contributed by atoms with Gasteiger partial charge in [0.15, 0.2) is 0 Å². The summed E-state index contributed by atoms with van der Waals surface area (Å²) in [6.07, 6.45) is 1.45. The van der Waals surface area contributed by atoms with E-state index in [1.807, 2.05) is 24.3 Å². The van der Waals surface area contributed by atoms with Crippen LogP contribution in [0.4, 0.5) is 0 Å². The normalized spacial score (nSPS) is 11.8. The van der Waals surface area contributed by atoms with Crippen LogP contribution in [0.25, 0.3) is 10.9 Å². The van der Waals surface area contributed by atoms with Crippen LogP contribution in [0.2, 0.25) is 0 Å². The molecule has 0 bridgehead atoms. The van der Waals surface area contributed by atoms with Gasteiger partial charge in [-0.1, -0.05) is 18.2 Å². The quantitative estimate of drug-likeness (QED) is 0.785. The standard InChI is InChI=1S/C10H9NO3S/c12-15(13,14)7-8-5-9-3-1-2-4-10(9)11-6-8/h1-6H,7H2,(H,12,13,14). The molecule has 1 aromatic heterocycles. The summed E-state index contributed by atoms with van der Waals surface area (Å²) < 4.78 is 30.0. The van der Waals surface area contributed by atoms with E-state index in [0.29, 0.717) is 5.56 Å². The Morgan fingerprint density at radius 3 is 2.73 bits per heavy atom. The molecule has 0 spiro atoms. The van der Waals surface area contributed by atoms with Crippen molar-refractivity contribution >= 4 is 21.0 Å². The van der Waals surface area contributed by atoms with Crippen molar-refractivity contribution in [1.82, 2.24) is 4.98 Å². The van der Waals surface area contributed by atoms with Gasteiger partial charge in [0.2, 0.25) is 0 Å². The highest BCUT2D eigenvalue weighted by atomic mass is 32.2. The molecule has 0 unspecified atom stereocenters. The van der Waals surface area contributed by atoms with Gasteiger partial charge in [-0.05, 0) is 17.7 Å². The van der Waals surface area contributed by atoms with Gasteiger partial charge >= 0.3 is 0 Å². The summed E-state index contributed by atoms with van der Waals surface area (Å²) in [5.41, 5.74) is 1.28. The summed E-state index contributed by atoms with van der Waals surface area (Å²) >= 11 is 0. The molecule has 15 heavy (non-hydrogen) atoms. The van der Waals surface area contributed by atoms with Gasteiger partial charge in [-0.25, -0.2) is 0 Å². The average molecular weight is 223 g/mol. The largest absolute Gasteiger partial charge is 0.285 e. The highest BCUT2D eigenvalue weighted by molar-refractivity contribution is 7.85. The average Bonchev–Trinajstić information content (AvgIpc) is 2.15. The summed E-state index contributed by atoms with van der Waals surface area (Å²) in [7, 11) is -3.99. The number of aromatic nitrogens is 1. The first-order valence-electron chi connectivity index (χ1n) is 4.33. The summed E-state index contributed by atoms with van der Waals surface area (Å²) in [4.78, 5) is 4.09. The molecule has 0 saturated carbocycles. The molecule has 0 radical (unpaired) electrons. The minimum atomic E-state index is -3.99. The Morgan fingerprint density at radius 1 is 1.27 bits per heavy atom. The van der Waals surface area contributed by atoms with Crippen LogP contribution in [-0.4, -0.2) is 18.0 Å². The Kier molecular flexibility index (Phi) is 2.42. The molecule has 0 aliphatic carbocycles. The molecule has 78 valence electrons. The van der Waals surface area contributed by atoms with E-state index >= 15 is 0 Å². The Morgan fingerprint density at radius 2 is 2.00 bits per heavy atom. The maximum absolute atomic E-state index is 10.7. The minimum absolute atomic E-state index is 0.398. The monoisotopic (exact) mass is 223 g/mol. The van der Waals surface area contributed by atoms with Crippen molar-refractivity contribution in [1.29, 1.82) is 0 Å². The number of hydrogen-bond acceptors (Lipinski definition) is 3. The van der Waals surface area contributed by atoms with Crippen LogP contribution in [0, 0.1) is 0 Å². The van der Waals surface area contributed by atoms with E-state index in [2.05, 4.69) is 4.98 Å². The van der Waals surface area contributed by atoms with Crippen LogP contribution >= 0.6 is 0 Å². The van der Waals surface area contributed by atoms with Gasteiger partial charge in [0.25, 0.3) is 10.1 Å². The maximum atomic E-state index is 10.7. The molecular weight excluding hydrogens is 214 g/mol. The van der Waals surface area contributed by atoms with Gasteiger partial charge in [0.1, 0.15) is 5.75 Å². The molecule has 0 amide bonds. The molecule has 2 rings (SSSR count). The Bertz CT molecular complexity index is 592. The summed E-state index contributed by atoms with van der Waals surface area (Å²) in [5.74, 6) is -0.398. The number of nitrogens with zero attached hydrogens (tertiary/aromatic N) is 1. The van der Waals surface area contributed by atoms with Gasteiger partial charge in [-0.15, -0.1) is 0 Å². The lowest BCUT2D eigenvalue weighted by atomic mass is 10.2. The lowest BCUT2D eigenvalue weighted by Crippen LogP contribution is -2.01. The molecule has 5 heteroatoms. The molecule has 4 nitrogen and oxygen atoms in total. The molecule has 1 heterocycles. The molecule has 2 aromatic rings. The van der Waals surface area contributed by atoms with E-state index in [0.717, 1.165) is 10.9 Å². The van der Waals surface area contributed by atoms with E-state index in [1.165, 1.54) is 6.20 Å². The number of para-hydroxylation sites is 1. The summed E-state index contributed by atoms with van der Waals surface area (Å²) in [6, 6.07) is 9.09. The summed E-state index contributed by atoms with van der Waals surface area (Å²) in [5, 5.41) is 0.860. The van der Waals surface area contributed by atoms with Crippen molar-refractivity contribution in [3.8, 4) is 0 Å². The zero-order valence-corrected chi connectivity index (χ0v) is 8.61. The molecule has 1 N–H and O–H groups in total. The fourth-order valence-electron chi connectivity index (χ4n) is 1.41. The van der Waals surface area contributed by atoms with E-state index in [4.69, 9.17) is 4.55 Å². The number of hydrogen-bond donors (Lipinski definition) is 1. The molecule has 0 aliphatic rings.